The van der Waals surface area contributed by atoms with Crippen LogP contribution in [-0.4, -0.2) is 12.6 Å². The highest BCUT2D eigenvalue weighted by Crippen LogP contribution is 2.06. The first-order valence-corrected chi connectivity index (χ1v) is 6.84. The first-order valence-electron chi connectivity index (χ1n) is 6.84. The number of benzene rings is 1. The fraction of sp³-hybridized carbons (Fsp3) is 0.600. The molecule has 3 N–H and O–H groups in total. The van der Waals surface area contributed by atoms with Crippen LogP contribution in [0.1, 0.15) is 44.6 Å². The van der Waals surface area contributed by atoms with Crippen LogP contribution in [0.4, 0.5) is 0 Å². The Hall–Kier alpha value is -0.860. The molecule has 0 aliphatic rings. The highest BCUT2D eigenvalue weighted by Gasteiger charge is 2.05. The van der Waals surface area contributed by atoms with Crippen LogP contribution in [0.15, 0.2) is 30.3 Å². The van der Waals surface area contributed by atoms with Crippen LogP contribution in [0.2, 0.25) is 0 Å². The van der Waals surface area contributed by atoms with Crippen LogP contribution in [0, 0.1) is 0 Å². The molecule has 2 heteroatoms. The minimum atomic E-state index is 0.465. The van der Waals surface area contributed by atoms with E-state index in [1.807, 2.05) is 0 Å². The summed E-state index contributed by atoms with van der Waals surface area (Å²) in [5.74, 6) is 0. The van der Waals surface area contributed by atoms with E-state index in [0.717, 1.165) is 13.1 Å². The summed E-state index contributed by atoms with van der Waals surface area (Å²) >= 11 is 0. The summed E-state index contributed by atoms with van der Waals surface area (Å²) in [5, 5.41) is 3.54. The second kappa shape index (κ2) is 9.20. The molecule has 1 aromatic carbocycles. The van der Waals surface area contributed by atoms with E-state index in [4.69, 9.17) is 5.73 Å². The predicted molar refractivity (Wildman–Crippen MR) is 74.9 cm³/mol. The Labute approximate surface area is 106 Å². The third-order valence-electron chi connectivity index (χ3n) is 3.13. The Bertz CT molecular complexity index is 272. The molecule has 0 aromatic heterocycles. The molecule has 0 aliphatic heterocycles. The molecule has 0 amide bonds. The van der Waals surface area contributed by atoms with Crippen molar-refractivity contribution in [1.82, 2.24) is 5.32 Å². The summed E-state index contributed by atoms with van der Waals surface area (Å²) in [7, 11) is 0. The minimum Gasteiger partial charge on any atom is -0.329 e. The second-order valence-corrected chi connectivity index (χ2v) is 4.65. The average Bonchev–Trinajstić information content (AvgIpc) is 2.39. The van der Waals surface area contributed by atoms with E-state index in [0.29, 0.717) is 6.04 Å². The lowest BCUT2D eigenvalue weighted by Gasteiger charge is -2.16. The monoisotopic (exact) mass is 234 g/mol. The molecule has 0 aliphatic carbocycles. The first kappa shape index (κ1) is 14.2. The lowest BCUT2D eigenvalue weighted by Crippen LogP contribution is -2.35. The topological polar surface area (TPSA) is 38.0 Å². The maximum Gasteiger partial charge on any atom is 0.0208 e. The molecule has 0 spiro atoms. The number of nitrogens with one attached hydrogen (secondary N) is 1. The van der Waals surface area contributed by atoms with Gasteiger partial charge in [0, 0.05) is 19.1 Å². The quantitative estimate of drug-likeness (QED) is 0.644. The summed E-state index contributed by atoms with van der Waals surface area (Å²) in [4.78, 5) is 0. The summed E-state index contributed by atoms with van der Waals surface area (Å²) < 4.78 is 0. The van der Waals surface area contributed by atoms with Gasteiger partial charge in [-0.2, -0.15) is 0 Å². The van der Waals surface area contributed by atoms with Crippen molar-refractivity contribution >= 4 is 0 Å². The van der Waals surface area contributed by atoms with Crippen LogP contribution >= 0.6 is 0 Å². The van der Waals surface area contributed by atoms with Crippen LogP contribution in [0.3, 0.4) is 0 Å². The van der Waals surface area contributed by atoms with Crippen molar-refractivity contribution in [3.05, 3.63) is 35.9 Å². The zero-order valence-electron chi connectivity index (χ0n) is 11.0. The van der Waals surface area contributed by atoms with Crippen molar-refractivity contribution in [2.75, 3.05) is 6.54 Å². The van der Waals surface area contributed by atoms with E-state index >= 15 is 0 Å². The van der Waals surface area contributed by atoms with Gasteiger partial charge in [-0.1, -0.05) is 62.9 Å². The van der Waals surface area contributed by atoms with E-state index in [2.05, 4.69) is 42.6 Å². The van der Waals surface area contributed by atoms with Gasteiger partial charge in [-0.15, -0.1) is 0 Å². The minimum absolute atomic E-state index is 0.465. The van der Waals surface area contributed by atoms with Gasteiger partial charge in [0.15, 0.2) is 0 Å². The van der Waals surface area contributed by atoms with Gasteiger partial charge in [0.1, 0.15) is 0 Å². The van der Waals surface area contributed by atoms with Crippen LogP contribution in [-0.2, 0) is 6.54 Å². The Morgan fingerprint density at radius 1 is 1.12 bits per heavy atom. The first-order chi connectivity index (χ1) is 8.36. The van der Waals surface area contributed by atoms with Crippen molar-refractivity contribution in [1.29, 1.82) is 0 Å². The van der Waals surface area contributed by atoms with Crippen molar-refractivity contribution in [3.63, 3.8) is 0 Å². The third kappa shape index (κ3) is 6.44. The number of rotatable bonds is 9. The fourth-order valence-corrected chi connectivity index (χ4v) is 1.98. The molecule has 0 bridgehead atoms. The summed E-state index contributed by atoms with van der Waals surface area (Å²) in [6.45, 7) is 3.91. The SMILES string of the molecule is CCCCCCC(CN)NCc1ccccc1. The zero-order valence-corrected chi connectivity index (χ0v) is 11.0. The number of unbranched alkanes of at least 4 members (excludes halogenated alkanes) is 3. The number of hydrogen-bond acceptors (Lipinski definition) is 2. The predicted octanol–water partition coefficient (Wildman–Crippen LogP) is 3.07. The summed E-state index contributed by atoms with van der Waals surface area (Å²) in [6.07, 6.45) is 6.46. The molecule has 0 heterocycles. The largest absolute Gasteiger partial charge is 0.329 e. The Kier molecular flexibility index (Phi) is 7.69. The standard InChI is InChI=1S/C15H26N2/c1-2-3-4-8-11-15(12-16)17-13-14-9-6-5-7-10-14/h5-7,9-10,15,17H,2-4,8,11-13,16H2,1H3. The molecule has 0 saturated heterocycles. The normalized spacial score (nSPS) is 12.6. The fourth-order valence-electron chi connectivity index (χ4n) is 1.98. The number of hydrogen-bond donors (Lipinski definition) is 2. The maximum absolute atomic E-state index is 5.79. The smallest absolute Gasteiger partial charge is 0.0208 e. The lowest BCUT2D eigenvalue weighted by molar-refractivity contribution is 0.461. The summed E-state index contributed by atoms with van der Waals surface area (Å²) in [6, 6.07) is 11.0. The van der Waals surface area contributed by atoms with Crippen molar-refractivity contribution in [3.8, 4) is 0 Å². The molecule has 2 nitrogen and oxygen atoms in total. The van der Waals surface area contributed by atoms with Crippen molar-refractivity contribution in [2.24, 2.45) is 5.73 Å². The van der Waals surface area contributed by atoms with E-state index in [9.17, 15) is 0 Å². The highest BCUT2D eigenvalue weighted by atomic mass is 14.9. The second-order valence-electron chi connectivity index (χ2n) is 4.65. The van der Waals surface area contributed by atoms with Crippen molar-refractivity contribution < 1.29 is 0 Å². The molecule has 0 fully saturated rings. The van der Waals surface area contributed by atoms with E-state index < -0.39 is 0 Å². The molecule has 17 heavy (non-hydrogen) atoms. The molecule has 0 radical (unpaired) electrons. The van der Waals surface area contributed by atoms with Crippen LogP contribution < -0.4 is 11.1 Å². The summed E-state index contributed by atoms with van der Waals surface area (Å²) in [5.41, 5.74) is 7.12. The van der Waals surface area contributed by atoms with Gasteiger partial charge in [-0.05, 0) is 12.0 Å². The third-order valence-corrected chi connectivity index (χ3v) is 3.13. The Morgan fingerprint density at radius 2 is 1.88 bits per heavy atom. The van der Waals surface area contributed by atoms with Gasteiger partial charge in [0.2, 0.25) is 0 Å². The van der Waals surface area contributed by atoms with E-state index in [1.165, 1.54) is 37.7 Å². The maximum atomic E-state index is 5.79. The van der Waals surface area contributed by atoms with E-state index in [1.54, 1.807) is 0 Å². The van der Waals surface area contributed by atoms with Gasteiger partial charge < -0.3 is 11.1 Å². The molecule has 0 saturated carbocycles. The van der Waals surface area contributed by atoms with E-state index in [-0.39, 0.29) is 0 Å². The molecule has 96 valence electrons. The highest BCUT2D eigenvalue weighted by molar-refractivity contribution is 5.14. The van der Waals surface area contributed by atoms with Gasteiger partial charge in [0.05, 0.1) is 0 Å². The van der Waals surface area contributed by atoms with Gasteiger partial charge in [-0.3, -0.25) is 0 Å². The lowest BCUT2D eigenvalue weighted by atomic mass is 10.1. The Balaban J connectivity index is 2.18. The van der Waals surface area contributed by atoms with Crippen LogP contribution in [0.5, 0.6) is 0 Å². The average molecular weight is 234 g/mol. The molecular formula is C15H26N2. The molecule has 1 aromatic rings. The van der Waals surface area contributed by atoms with Gasteiger partial charge in [-0.25, -0.2) is 0 Å². The van der Waals surface area contributed by atoms with Gasteiger partial charge in [0.25, 0.3) is 0 Å². The number of nitrogens with two attached hydrogens (primary N) is 1. The molecule has 1 atom stereocenters. The molecule has 1 unspecified atom stereocenters. The van der Waals surface area contributed by atoms with Crippen LogP contribution in [0.25, 0.3) is 0 Å². The molecule has 1 rings (SSSR count). The zero-order chi connectivity index (χ0) is 12.3. The van der Waals surface area contributed by atoms with Crippen molar-refractivity contribution in [2.45, 2.75) is 51.6 Å². The van der Waals surface area contributed by atoms with Gasteiger partial charge >= 0.3 is 0 Å². The Morgan fingerprint density at radius 3 is 2.53 bits per heavy atom. The molecular weight excluding hydrogens is 208 g/mol.